The van der Waals surface area contributed by atoms with Crippen LogP contribution in [-0.4, -0.2) is 32.7 Å². The molecule has 2 N–H and O–H groups in total. The van der Waals surface area contributed by atoms with Gasteiger partial charge in [-0.05, 0) is 26.8 Å². The van der Waals surface area contributed by atoms with Crippen molar-refractivity contribution in [2.24, 2.45) is 0 Å². The molecule has 0 rings (SSSR count). The highest BCUT2D eigenvalue weighted by Gasteiger charge is 2.22. The highest BCUT2D eigenvalue weighted by Crippen LogP contribution is 2.01. The molecule has 88 valence electrons. The molecule has 5 nitrogen and oxygen atoms in total. The van der Waals surface area contributed by atoms with Crippen molar-refractivity contribution in [3.63, 3.8) is 0 Å². The molecule has 1 amide bonds. The summed E-state index contributed by atoms with van der Waals surface area (Å²) < 4.78 is 24.4. The molecule has 0 unspecified atom stereocenters. The van der Waals surface area contributed by atoms with Crippen molar-refractivity contribution in [3.05, 3.63) is 12.2 Å². The van der Waals surface area contributed by atoms with E-state index < -0.39 is 15.6 Å². The molecule has 0 bridgehead atoms. The van der Waals surface area contributed by atoms with Gasteiger partial charge in [-0.3, -0.25) is 4.79 Å². The highest BCUT2D eigenvalue weighted by atomic mass is 32.2. The lowest BCUT2D eigenvalue weighted by Gasteiger charge is -2.24. The van der Waals surface area contributed by atoms with Crippen LogP contribution in [-0.2, 0) is 14.8 Å². The fourth-order valence-corrected chi connectivity index (χ4v) is 2.13. The van der Waals surface area contributed by atoms with Crippen molar-refractivity contribution in [1.82, 2.24) is 10.0 Å². The highest BCUT2D eigenvalue weighted by molar-refractivity contribution is 7.88. The van der Waals surface area contributed by atoms with Gasteiger partial charge in [-0.2, -0.15) is 0 Å². The molecule has 0 heterocycles. The predicted octanol–water partition coefficient (Wildman–Crippen LogP) is 0.00650. The molecule has 0 saturated carbocycles. The summed E-state index contributed by atoms with van der Waals surface area (Å²) in [5.41, 5.74) is -0.690. The molecule has 0 aromatic carbocycles. The van der Waals surface area contributed by atoms with Gasteiger partial charge in [0.15, 0.2) is 0 Å². The third-order valence-electron chi connectivity index (χ3n) is 1.48. The minimum atomic E-state index is -3.26. The van der Waals surface area contributed by atoms with E-state index in [0.717, 1.165) is 6.26 Å². The monoisotopic (exact) mass is 234 g/mol. The Morgan fingerprint density at radius 2 is 1.93 bits per heavy atom. The number of rotatable bonds is 5. The zero-order chi connectivity index (χ0) is 12.1. The summed E-state index contributed by atoms with van der Waals surface area (Å²) in [6, 6.07) is 0. The summed E-state index contributed by atoms with van der Waals surface area (Å²) in [4.78, 5) is 11.1. The fourth-order valence-electron chi connectivity index (χ4n) is 1.06. The average molecular weight is 234 g/mol. The van der Waals surface area contributed by atoms with Crippen LogP contribution in [0.25, 0.3) is 0 Å². The molecule has 0 radical (unpaired) electrons. The van der Waals surface area contributed by atoms with E-state index in [9.17, 15) is 13.2 Å². The molecule has 0 atom stereocenters. The molecule has 0 fully saturated rings. The minimum absolute atomic E-state index is 0.235. The summed E-state index contributed by atoms with van der Waals surface area (Å²) in [5.74, 6) is -0.235. The quantitative estimate of drug-likeness (QED) is 0.658. The Kier molecular flexibility index (Phi) is 4.96. The lowest BCUT2D eigenvalue weighted by Crippen LogP contribution is -2.50. The van der Waals surface area contributed by atoms with E-state index in [0.29, 0.717) is 0 Å². The van der Waals surface area contributed by atoms with Crippen LogP contribution in [0.4, 0.5) is 0 Å². The lowest BCUT2D eigenvalue weighted by atomic mass is 10.1. The second kappa shape index (κ2) is 5.27. The smallest absolute Gasteiger partial charge is 0.243 e. The van der Waals surface area contributed by atoms with Crippen molar-refractivity contribution in [2.75, 3.05) is 12.8 Å². The maximum atomic E-state index is 11.1. The number of amides is 1. The predicted molar refractivity (Wildman–Crippen MR) is 59.9 cm³/mol. The van der Waals surface area contributed by atoms with Crippen LogP contribution in [0.3, 0.4) is 0 Å². The topological polar surface area (TPSA) is 75.3 Å². The van der Waals surface area contributed by atoms with Crippen molar-refractivity contribution in [3.8, 4) is 0 Å². The first-order chi connectivity index (χ1) is 6.66. The normalized spacial score (nSPS) is 13.1. The number of sulfonamides is 1. The number of hydrogen-bond donors (Lipinski definition) is 2. The summed E-state index contributed by atoms with van der Waals surface area (Å²) >= 11 is 0. The third-order valence-corrected chi connectivity index (χ3v) is 2.41. The Labute approximate surface area is 91.0 Å². The molecule has 0 saturated heterocycles. The Balaban J connectivity index is 4.22. The summed E-state index contributed by atoms with van der Waals surface area (Å²) in [6.07, 6.45) is 4.09. The first kappa shape index (κ1) is 14.1. The average Bonchev–Trinajstić information content (AvgIpc) is 1.97. The van der Waals surface area contributed by atoms with Crippen molar-refractivity contribution in [2.45, 2.75) is 26.3 Å². The summed E-state index contributed by atoms with van der Waals surface area (Å²) in [6.45, 7) is 5.37. The van der Waals surface area contributed by atoms with Crippen LogP contribution in [0.1, 0.15) is 20.8 Å². The molecule has 15 heavy (non-hydrogen) atoms. The molecule has 0 aromatic heterocycles. The van der Waals surface area contributed by atoms with Crippen molar-refractivity contribution in [1.29, 1.82) is 0 Å². The van der Waals surface area contributed by atoms with Crippen molar-refractivity contribution >= 4 is 15.9 Å². The zero-order valence-corrected chi connectivity index (χ0v) is 10.3. The van der Waals surface area contributed by atoms with E-state index in [-0.39, 0.29) is 12.5 Å². The van der Waals surface area contributed by atoms with Gasteiger partial charge < -0.3 is 5.32 Å². The molecule has 6 heteroatoms. The van der Waals surface area contributed by atoms with Gasteiger partial charge in [0.05, 0.1) is 6.26 Å². The van der Waals surface area contributed by atoms with Crippen LogP contribution in [0.5, 0.6) is 0 Å². The fraction of sp³-hybridized carbons (Fsp3) is 0.667. The van der Waals surface area contributed by atoms with Crippen LogP contribution in [0.15, 0.2) is 12.2 Å². The zero-order valence-electron chi connectivity index (χ0n) is 9.49. The van der Waals surface area contributed by atoms with Crippen LogP contribution in [0, 0.1) is 0 Å². The Bertz CT molecular complexity index is 344. The van der Waals surface area contributed by atoms with Gasteiger partial charge in [-0.15, -0.1) is 0 Å². The Hall–Kier alpha value is -0.880. The number of nitrogens with one attached hydrogen (secondary N) is 2. The molecule has 0 aliphatic rings. The molecule has 0 aliphatic carbocycles. The standard InChI is InChI=1S/C9H18N2O3S/c1-5-6-8(12)10-7-9(2,3)11-15(4,13)14/h5-6,11H,7H2,1-4H3,(H,10,12). The maximum Gasteiger partial charge on any atom is 0.243 e. The Morgan fingerprint density at radius 3 is 2.33 bits per heavy atom. The molecular formula is C9H18N2O3S. The van der Waals surface area contributed by atoms with Gasteiger partial charge in [0.25, 0.3) is 0 Å². The SMILES string of the molecule is CC=CC(=O)NCC(C)(C)NS(C)(=O)=O. The first-order valence-corrected chi connectivity index (χ1v) is 6.45. The van der Waals surface area contributed by atoms with Crippen LogP contribution >= 0.6 is 0 Å². The van der Waals surface area contributed by atoms with Crippen LogP contribution in [0.2, 0.25) is 0 Å². The third kappa shape index (κ3) is 8.14. The molecule has 0 aromatic rings. The molecular weight excluding hydrogens is 216 g/mol. The molecule has 0 aliphatic heterocycles. The number of hydrogen-bond acceptors (Lipinski definition) is 3. The van der Waals surface area contributed by atoms with E-state index in [1.165, 1.54) is 6.08 Å². The van der Waals surface area contributed by atoms with E-state index in [1.807, 2.05) is 0 Å². The number of carbonyl (C=O) groups is 1. The number of allylic oxidation sites excluding steroid dienone is 1. The van der Waals surface area contributed by atoms with E-state index in [4.69, 9.17) is 0 Å². The second-order valence-electron chi connectivity index (χ2n) is 3.98. The first-order valence-electron chi connectivity index (χ1n) is 4.56. The van der Waals surface area contributed by atoms with E-state index in [1.54, 1.807) is 26.8 Å². The van der Waals surface area contributed by atoms with Gasteiger partial charge in [0, 0.05) is 12.1 Å². The van der Waals surface area contributed by atoms with Gasteiger partial charge >= 0.3 is 0 Å². The maximum absolute atomic E-state index is 11.1. The minimum Gasteiger partial charge on any atom is -0.351 e. The van der Waals surface area contributed by atoms with Crippen LogP contribution < -0.4 is 10.0 Å². The molecule has 0 spiro atoms. The van der Waals surface area contributed by atoms with Gasteiger partial charge in [0.2, 0.25) is 15.9 Å². The number of carbonyl (C=O) groups excluding carboxylic acids is 1. The largest absolute Gasteiger partial charge is 0.351 e. The van der Waals surface area contributed by atoms with Gasteiger partial charge in [0.1, 0.15) is 0 Å². The van der Waals surface area contributed by atoms with Gasteiger partial charge in [-0.25, -0.2) is 13.1 Å². The van der Waals surface area contributed by atoms with Gasteiger partial charge in [-0.1, -0.05) is 6.08 Å². The van der Waals surface area contributed by atoms with E-state index in [2.05, 4.69) is 10.0 Å². The summed E-state index contributed by atoms with van der Waals surface area (Å²) in [5, 5.41) is 2.59. The Morgan fingerprint density at radius 1 is 1.40 bits per heavy atom. The summed E-state index contributed by atoms with van der Waals surface area (Å²) in [7, 11) is -3.26. The van der Waals surface area contributed by atoms with Crippen molar-refractivity contribution < 1.29 is 13.2 Å². The second-order valence-corrected chi connectivity index (χ2v) is 5.72. The van der Waals surface area contributed by atoms with E-state index >= 15 is 0 Å². The lowest BCUT2D eigenvalue weighted by molar-refractivity contribution is -0.116.